The van der Waals surface area contributed by atoms with Crippen molar-refractivity contribution in [1.82, 2.24) is 10.2 Å². The number of likely N-dealkylation sites (N-methyl/N-ethyl adjacent to an activating group) is 1. The van der Waals surface area contributed by atoms with Crippen LogP contribution in [0.15, 0.2) is 54.6 Å². The molecule has 26 heavy (non-hydrogen) atoms. The number of para-hydroxylation sites is 1. The smallest absolute Gasteiger partial charge is 0.261 e. The first-order valence-corrected chi connectivity index (χ1v) is 8.37. The summed E-state index contributed by atoms with van der Waals surface area (Å²) in [7, 11) is 3.15. The van der Waals surface area contributed by atoms with Crippen LogP contribution in [-0.4, -0.2) is 43.5 Å². The molecule has 1 N–H and O–H groups in total. The minimum atomic E-state index is -0.617. The summed E-state index contributed by atoms with van der Waals surface area (Å²) in [5, 5.41) is 2.58. The van der Waals surface area contributed by atoms with Crippen LogP contribution in [0.25, 0.3) is 0 Å². The topological polar surface area (TPSA) is 67.9 Å². The number of carbonyl (C=O) groups is 2. The number of ether oxygens (including phenoxy) is 2. The number of nitrogens with one attached hydrogen (secondary N) is 1. The SMILES string of the molecule is CNC(=O)[C@@H](C)N(Cc1ccc(OC)cc1)C(=O)COc1ccccc1. The highest BCUT2D eigenvalue weighted by Crippen LogP contribution is 2.15. The summed E-state index contributed by atoms with van der Waals surface area (Å²) < 4.78 is 10.7. The Kier molecular flexibility index (Phi) is 7.02. The van der Waals surface area contributed by atoms with Gasteiger partial charge < -0.3 is 19.7 Å². The fourth-order valence-electron chi connectivity index (χ4n) is 2.46. The van der Waals surface area contributed by atoms with Crippen LogP contribution in [-0.2, 0) is 16.1 Å². The molecule has 0 radical (unpaired) electrons. The molecule has 2 aromatic rings. The maximum atomic E-state index is 12.7. The lowest BCUT2D eigenvalue weighted by Crippen LogP contribution is -2.48. The zero-order chi connectivity index (χ0) is 18.9. The Morgan fingerprint density at radius 1 is 1.04 bits per heavy atom. The van der Waals surface area contributed by atoms with Crippen molar-refractivity contribution >= 4 is 11.8 Å². The lowest BCUT2D eigenvalue weighted by Gasteiger charge is -2.28. The van der Waals surface area contributed by atoms with Gasteiger partial charge in [0.25, 0.3) is 5.91 Å². The molecule has 138 valence electrons. The molecule has 0 fully saturated rings. The number of methoxy groups -OCH3 is 1. The first kappa shape index (κ1) is 19.3. The van der Waals surface area contributed by atoms with Gasteiger partial charge in [0.15, 0.2) is 6.61 Å². The van der Waals surface area contributed by atoms with Gasteiger partial charge in [0.2, 0.25) is 5.91 Å². The molecule has 2 aromatic carbocycles. The van der Waals surface area contributed by atoms with E-state index in [1.165, 1.54) is 4.90 Å². The van der Waals surface area contributed by atoms with Crippen molar-refractivity contribution in [2.45, 2.75) is 19.5 Å². The highest BCUT2D eigenvalue weighted by molar-refractivity contribution is 5.87. The van der Waals surface area contributed by atoms with Gasteiger partial charge in [-0.15, -0.1) is 0 Å². The van der Waals surface area contributed by atoms with E-state index in [1.54, 1.807) is 33.2 Å². The van der Waals surface area contributed by atoms with Crippen molar-refractivity contribution in [2.24, 2.45) is 0 Å². The molecular weight excluding hydrogens is 332 g/mol. The second-order valence-electron chi connectivity index (χ2n) is 5.76. The quantitative estimate of drug-likeness (QED) is 0.788. The molecule has 1 atom stereocenters. The minimum Gasteiger partial charge on any atom is -0.497 e. The number of nitrogens with zero attached hydrogens (tertiary/aromatic N) is 1. The Morgan fingerprint density at radius 3 is 2.27 bits per heavy atom. The Balaban J connectivity index is 2.11. The molecule has 0 unspecified atom stereocenters. The molecule has 6 nitrogen and oxygen atoms in total. The van der Waals surface area contributed by atoms with Gasteiger partial charge in [0.05, 0.1) is 7.11 Å². The number of hydrogen-bond donors (Lipinski definition) is 1. The van der Waals surface area contributed by atoms with Gasteiger partial charge in [-0.1, -0.05) is 30.3 Å². The van der Waals surface area contributed by atoms with Crippen LogP contribution >= 0.6 is 0 Å². The fourth-order valence-corrected chi connectivity index (χ4v) is 2.46. The molecule has 0 aromatic heterocycles. The van der Waals surface area contributed by atoms with Gasteiger partial charge in [0, 0.05) is 13.6 Å². The molecule has 6 heteroatoms. The Morgan fingerprint density at radius 2 is 1.69 bits per heavy atom. The first-order valence-electron chi connectivity index (χ1n) is 8.37. The number of amides is 2. The third-order valence-electron chi connectivity index (χ3n) is 4.03. The van der Waals surface area contributed by atoms with Crippen molar-refractivity contribution in [3.63, 3.8) is 0 Å². The largest absolute Gasteiger partial charge is 0.497 e. The summed E-state index contributed by atoms with van der Waals surface area (Å²) in [6, 6.07) is 15.9. The zero-order valence-corrected chi connectivity index (χ0v) is 15.3. The summed E-state index contributed by atoms with van der Waals surface area (Å²) in [6.45, 7) is 1.86. The molecule has 2 amide bonds. The molecule has 0 saturated heterocycles. The van der Waals surface area contributed by atoms with Gasteiger partial charge in [-0.05, 0) is 36.8 Å². The van der Waals surface area contributed by atoms with Gasteiger partial charge in [0.1, 0.15) is 17.5 Å². The third-order valence-corrected chi connectivity index (χ3v) is 4.03. The molecule has 0 spiro atoms. The van der Waals surface area contributed by atoms with E-state index in [-0.39, 0.29) is 18.4 Å². The van der Waals surface area contributed by atoms with Crippen LogP contribution in [0.2, 0.25) is 0 Å². The van der Waals surface area contributed by atoms with Gasteiger partial charge in [-0.25, -0.2) is 0 Å². The van der Waals surface area contributed by atoms with Crippen LogP contribution in [0.4, 0.5) is 0 Å². The first-order chi connectivity index (χ1) is 12.5. The van der Waals surface area contributed by atoms with Gasteiger partial charge in [-0.2, -0.15) is 0 Å². The standard InChI is InChI=1S/C20H24N2O4/c1-15(20(24)21-2)22(13-16-9-11-17(25-3)12-10-16)19(23)14-26-18-7-5-4-6-8-18/h4-12,15H,13-14H2,1-3H3,(H,21,24)/t15-/m1/s1. The van der Waals surface area contributed by atoms with Crippen LogP contribution < -0.4 is 14.8 Å². The van der Waals surface area contributed by atoms with Crippen LogP contribution in [0.5, 0.6) is 11.5 Å². The van der Waals surface area contributed by atoms with E-state index >= 15 is 0 Å². The average Bonchev–Trinajstić information content (AvgIpc) is 2.70. The van der Waals surface area contributed by atoms with Crippen molar-refractivity contribution in [2.75, 3.05) is 20.8 Å². The molecule has 2 rings (SSSR count). The molecule has 0 aliphatic carbocycles. The summed E-state index contributed by atoms with van der Waals surface area (Å²) in [5.74, 6) is 0.851. The van der Waals surface area contributed by atoms with E-state index < -0.39 is 6.04 Å². The van der Waals surface area contributed by atoms with Crippen molar-refractivity contribution in [1.29, 1.82) is 0 Å². The highest BCUT2D eigenvalue weighted by Gasteiger charge is 2.25. The molecule has 0 aliphatic rings. The lowest BCUT2D eigenvalue weighted by atomic mass is 10.1. The molecule has 0 saturated carbocycles. The Labute approximate surface area is 153 Å². The second kappa shape index (κ2) is 9.46. The molecule has 0 aliphatic heterocycles. The predicted octanol–water partition coefficient (Wildman–Crippen LogP) is 2.24. The normalized spacial score (nSPS) is 11.3. The monoisotopic (exact) mass is 356 g/mol. The summed E-state index contributed by atoms with van der Waals surface area (Å²) in [4.78, 5) is 26.3. The summed E-state index contributed by atoms with van der Waals surface area (Å²) in [5.41, 5.74) is 0.898. The summed E-state index contributed by atoms with van der Waals surface area (Å²) >= 11 is 0. The zero-order valence-electron chi connectivity index (χ0n) is 15.3. The second-order valence-corrected chi connectivity index (χ2v) is 5.76. The minimum absolute atomic E-state index is 0.137. The van der Waals surface area contributed by atoms with Crippen LogP contribution in [0.3, 0.4) is 0 Å². The third kappa shape index (κ3) is 5.24. The van der Waals surface area contributed by atoms with Gasteiger partial charge in [-0.3, -0.25) is 9.59 Å². The number of carbonyl (C=O) groups excluding carboxylic acids is 2. The van der Waals surface area contributed by atoms with Crippen molar-refractivity contribution in [3.8, 4) is 11.5 Å². The van der Waals surface area contributed by atoms with Crippen molar-refractivity contribution in [3.05, 3.63) is 60.2 Å². The van der Waals surface area contributed by atoms with E-state index in [4.69, 9.17) is 9.47 Å². The Hall–Kier alpha value is -3.02. The van der Waals surface area contributed by atoms with Gasteiger partial charge >= 0.3 is 0 Å². The lowest BCUT2D eigenvalue weighted by molar-refractivity contribution is -0.142. The number of rotatable bonds is 8. The predicted molar refractivity (Wildman–Crippen MR) is 99.0 cm³/mol. The maximum Gasteiger partial charge on any atom is 0.261 e. The number of hydrogen-bond acceptors (Lipinski definition) is 4. The van der Waals surface area contributed by atoms with E-state index in [0.717, 1.165) is 11.3 Å². The van der Waals surface area contributed by atoms with Crippen molar-refractivity contribution < 1.29 is 19.1 Å². The van der Waals surface area contributed by atoms with E-state index in [9.17, 15) is 9.59 Å². The van der Waals surface area contributed by atoms with Crippen LogP contribution in [0, 0.1) is 0 Å². The maximum absolute atomic E-state index is 12.7. The molecule has 0 bridgehead atoms. The average molecular weight is 356 g/mol. The van der Waals surface area contributed by atoms with Crippen LogP contribution in [0.1, 0.15) is 12.5 Å². The highest BCUT2D eigenvalue weighted by atomic mass is 16.5. The Bertz CT molecular complexity index is 716. The van der Waals surface area contributed by atoms with E-state index in [0.29, 0.717) is 12.3 Å². The fraction of sp³-hybridized carbons (Fsp3) is 0.300. The molecule has 0 heterocycles. The summed E-state index contributed by atoms with van der Waals surface area (Å²) in [6.07, 6.45) is 0. The number of benzene rings is 2. The van der Waals surface area contributed by atoms with E-state index in [2.05, 4.69) is 5.32 Å². The van der Waals surface area contributed by atoms with E-state index in [1.807, 2.05) is 42.5 Å². The molecular formula is C20H24N2O4.